The zero-order valence-corrected chi connectivity index (χ0v) is 19.9. The Morgan fingerprint density at radius 2 is 1.90 bits per heavy atom. The van der Waals surface area contributed by atoms with Gasteiger partial charge in [0.2, 0.25) is 0 Å². The van der Waals surface area contributed by atoms with Crippen molar-refractivity contribution in [2.45, 2.75) is 32.9 Å². The highest BCUT2D eigenvalue weighted by molar-refractivity contribution is 14.0. The summed E-state index contributed by atoms with van der Waals surface area (Å²) in [5.41, 5.74) is 2.17. The molecule has 0 unspecified atom stereocenters. The van der Waals surface area contributed by atoms with Crippen LogP contribution >= 0.6 is 24.0 Å². The van der Waals surface area contributed by atoms with Gasteiger partial charge in [0.1, 0.15) is 0 Å². The molecule has 1 aromatic carbocycles. The zero-order chi connectivity index (χ0) is 19.8. The van der Waals surface area contributed by atoms with E-state index < -0.39 is 0 Å². The summed E-state index contributed by atoms with van der Waals surface area (Å²) in [6, 6.07) is 10.1. The van der Waals surface area contributed by atoms with E-state index in [0.717, 1.165) is 56.6 Å². The summed E-state index contributed by atoms with van der Waals surface area (Å²) in [6.07, 6.45) is 3.90. The Bertz CT molecular complexity index is 756. The molecular formula is C21H33IN6O. The van der Waals surface area contributed by atoms with Gasteiger partial charge in [-0.1, -0.05) is 18.2 Å². The highest BCUT2D eigenvalue weighted by atomic mass is 127. The van der Waals surface area contributed by atoms with Crippen molar-refractivity contribution >= 4 is 29.9 Å². The first-order valence-corrected chi connectivity index (χ1v) is 10.0. The zero-order valence-electron chi connectivity index (χ0n) is 17.6. The van der Waals surface area contributed by atoms with Gasteiger partial charge in [0.05, 0.1) is 31.6 Å². The van der Waals surface area contributed by atoms with Crippen LogP contribution in [0.5, 0.6) is 0 Å². The summed E-state index contributed by atoms with van der Waals surface area (Å²) >= 11 is 0. The first-order chi connectivity index (χ1) is 13.6. The molecule has 0 amide bonds. The molecule has 1 saturated heterocycles. The van der Waals surface area contributed by atoms with Gasteiger partial charge >= 0.3 is 0 Å². The number of rotatable bonds is 7. The highest BCUT2D eigenvalue weighted by Gasteiger charge is 2.28. The second-order valence-electron chi connectivity index (χ2n) is 7.59. The van der Waals surface area contributed by atoms with Gasteiger partial charge in [-0.2, -0.15) is 5.10 Å². The van der Waals surface area contributed by atoms with Gasteiger partial charge in [0, 0.05) is 43.5 Å². The monoisotopic (exact) mass is 512 g/mol. The minimum Gasteiger partial charge on any atom is -0.379 e. The van der Waals surface area contributed by atoms with Crippen molar-refractivity contribution in [2.24, 2.45) is 4.99 Å². The molecule has 1 fully saturated rings. The molecule has 1 aromatic heterocycles. The molecule has 29 heavy (non-hydrogen) atoms. The van der Waals surface area contributed by atoms with E-state index in [-0.39, 0.29) is 29.5 Å². The van der Waals surface area contributed by atoms with Crippen LogP contribution in [0.25, 0.3) is 5.69 Å². The minimum absolute atomic E-state index is 0. The summed E-state index contributed by atoms with van der Waals surface area (Å²) in [5.74, 6) is 0.830. The van der Waals surface area contributed by atoms with Gasteiger partial charge in [-0.05, 0) is 32.9 Å². The van der Waals surface area contributed by atoms with Crippen molar-refractivity contribution in [2.75, 3.05) is 39.4 Å². The normalized spacial score (nSPS) is 15.6. The van der Waals surface area contributed by atoms with Gasteiger partial charge in [0.25, 0.3) is 0 Å². The number of para-hydroxylation sites is 1. The Morgan fingerprint density at radius 3 is 2.59 bits per heavy atom. The van der Waals surface area contributed by atoms with Crippen molar-refractivity contribution in [3.05, 3.63) is 48.3 Å². The number of ether oxygens (including phenoxy) is 1. The van der Waals surface area contributed by atoms with E-state index in [9.17, 15) is 0 Å². The summed E-state index contributed by atoms with van der Waals surface area (Å²) in [5, 5.41) is 11.3. The number of hydrogen-bond donors (Lipinski definition) is 2. The lowest BCUT2D eigenvalue weighted by molar-refractivity contribution is -0.00834. The number of morpholine rings is 1. The van der Waals surface area contributed by atoms with Crippen LogP contribution in [0.3, 0.4) is 0 Å². The second kappa shape index (κ2) is 11.5. The molecular weight excluding hydrogens is 479 g/mol. The van der Waals surface area contributed by atoms with Crippen LogP contribution in [0.15, 0.2) is 47.7 Å². The number of halogens is 1. The van der Waals surface area contributed by atoms with E-state index >= 15 is 0 Å². The van der Waals surface area contributed by atoms with E-state index in [1.54, 1.807) is 0 Å². The van der Waals surface area contributed by atoms with E-state index in [2.05, 4.69) is 41.4 Å². The van der Waals surface area contributed by atoms with E-state index in [1.165, 1.54) is 0 Å². The van der Waals surface area contributed by atoms with Crippen LogP contribution < -0.4 is 10.6 Å². The number of hydrogen-bond acceptors (Lipinski definition) is 4. The fraction of sp³-hybridized carbons (Fsp3) is 0.524. The smallest absolute Gasteiger partial charge is 0.191 e. The Kier molecular flexibility index (Phi) is 9.38. The first-order valence-electron chi connectivity index (χ1n) is 10.0. The SMILES string of the molecule is CCNC(=NCc1cnn(-c2ccccc2)c1)NCC(C)(C)N1CCOCC1.I. The van der Waals surface area contributed by atoms with Crippen LogP contribution in [0.1, 0.15) is 26.3 Å². The number of nitrogens with one attached hydrogen (secondary N) is 2. The van der Waals surface area contributed by atoms with Crippen molar-refractivity contribution < 1.29 is 4.74 Å². The summed E-state index contributed by atoms with van der Waals surface area (Å²) in [7, 11) is 0. The molecule has 0 saturated carbocycles. The van der Waals surface area contributed by atoms with E-state index in [1.807, 2.05) is 47.4 Å². The number of nitrogens with zero attached hydrogens (tertiary/aromatic N) is 4. The third-order valence-corrected chi connectivity index (χ3v) is 4.98. The average Bonchev–Trinajstić information content (AvgIpc) is 3.20. The predicted octanol–water partition coefficient (Wildman–Crippen LogP) is 2.66. The number of aliphatic imine (C=N–C) groups is 1. The van der Waals surface area contributed by atoms with Gasteiger partial charge < -0.3 is 15.4 Å². The van der Waals surface area contributed by atoms with Crippen molar-refractivity contribution in [1.29, 1.82) is 0 Å². The lowest BCUT2D eigenvalue weighted by atomic mass is 10.0. The van der Waals surface area contributed by atoms with E-state index in [0.29, 0.717) is 6.54 Å². The maximum Gasteiger partial charge on any atom is 0.191 e. The quantitative estimate of drug-likeness (QED) is 0.340. The molecule has 3 rings (SSSR count). The summed E-state index contributed by atoms with van der Waals surface area (Å²) in [4.78, 5) is 7.21. The van der Waals surface area contributed by atoms with Gasteiger partial charge in [-0.25, -0.2) is 9.67 Å². The molecule has 0 radical (unpaired) electrons. The molecule has 0 bridgehead atoms. The largest absolute Gasteiger partial charge is 0.379 e. The van der Waals surface area contributed by atoms with E-state index in [4.69, 9.17) is 9.73 Å². The van der Waals surface area contributed by atoms with Crippen LogP contribution in [-0.2, 0) is 11.3 Å². The maximum absolute atomic E-state index is 5.47. The summed E-state index contributed by atoms with van der Waals surface area (Å²) in [6.45, 7) is 12.4. The topological polar surface area (TPSA) is 66.7 Å². The third-order valence-electron chi connectivity index (χ3n) is 4.98. The molecule has 1 aliphatic rings. The highest BCUT2D eigenvalue weighted by Crippen LogP contribution is 2.15. The average molecular weight is 512 g/mol. The Labute approximate surface area is 190 Å². The van der Waals surface area contributed by atoms with Crippen LogP contribution in [0.2, 0.25) is 0 Å². The van der Waals surface area contributed by atoms with Crippen LogP contribution in [-0.4, -0.2) is 65.6 Å². The molecule has 7 nitrogen and oxygen atoms in total. The number of aromatic nitrogens is 2. The molecule has 0 atom stereocenters. The van der Waals surface area contributed by atoms with Crippen molar-refractivity contribution in [3.8, 4) is 5.69 Å². The first kappa shape index (κ1) is 23.6. The predicted molar refractivity (Wildman–Crippen MR) is 128 cm³/mol. The maximum atomic E-state index is 5.47. The third kappa shape index (κ3) is 6.97. The Morgan fingerprint density at radius 1 is 1.17 bits per heavy atom. The van der Waals surface area contributed by atoms with Crippen molar-refractivity contribution in [3.63, 3.8) is 0 Å². The minimum atomic E-state index is 0. The van der Waals surface area contributed by atoms with Gasteiger partial charge in [-0.15, -0.1) is 24.0 Å². The second-order valence-corrected chi connectivity index (χ2v) is 7.59. The summed E-state index contributed by atoms with van der Waals surface area (Å²) < 4.78 is 7.36. The van der Waals surface area contributed by atoms with Crippen LogP contribution in [0, 0.1) is 0 Å². The Balaban J connectivity index is 0.00000300. The lowest BCUT2D eigenvalue weighted by Crippen LogP contribution is -2.56. The lowest BCUT2D eigenvalue weighted by Gasteiger charge is -2.41. The fourth-order valence-electron chi connectivity index (χ4n) is 3.26. The Hall–Kier alpha value is -1.65. The van der Waals surface area contributed by atoms with Gasteiger partial charge in [0.15, 0.2) is 5.96 Å². The van der Waals surface area contributed by atoms with Gasteiger partial charge in [-0.3, -0.25) is 4.90 Å². The molecule has 2 heterocycles. The number of guanidine groups is 1. The van der Waals surface area contributed by atoms with Crippen molar-refractivity contribution in [1.82, 2.24) is 25.3 Å². The fourth-order valence-corrected chi connectivity index (χ4v) is 3.26. The molecule has 160 valence electrons. The standard InChI is InChI=1S/C21H32N6O.HI/c1-4-22-20(24-17-21(2,3)26-10-12-28-13-11-26)23-14-18-15-25-27(16-18)19-8-6-5-7-9-19;/h5-9,15-16H,4,10-14,17H2,1-3H3,(H2,22,23,24);1H. The molecule has 2 N–H and O–H groups in total. The molecule has 0 aliphatic carbocycles. The number of benzene rings is 1. The molecule has 2 aromatic rings. The molecule has 0 spiro atoms. The van der Waals surface area contributed by atoms with Crippen LogP contribution in [0.4, 0.5) is 0 Å². The molecule has 8 heteroatoms. The molecule has 1 aliphatic heterocycles.